The van der Waals surface area contributed by atoms with Gasteiger partial charge >= 0.3 is 0 Å². The number of hydrogen-bond donors (Lipinski definition) is 2. The van der Waals surface area contributed by atoms with Crippen molar-refractivity contribution in [1.29, 1.82) is 0 Å². The Morgan fingerprint density at radius 3 is 2.95 bits per heavy atom. The second-order valence-corrected chi connectivity index (χ2v) is 4.81. The van der Waals surface area contributed by atoms with Crippen LogP contribution in [0.1, 0.15) is 12.0 Å². The highest BCUT2D eigenvalue weighted by atomic mass is 16.5. The maximum atomic E-state index is 12.0. The molecule has 1 aromatic rings. The molecule has 0 saturated carbocycles. The maximum absolute atomic E-state index is 12.0. The molecule has 0 aromatic carbocycles. The molecule has 2 N–H and O–H groups in total. The van der Waals surface area contributed by atoms with Gasteiger partial charge in [-0.3, -0.25) is 9.69 Å². The number of aliphatic hydroxyl groups excluding tert-OH is 1. The summed E-state index contributed by atoms with van der Waals surface area (Å²) in [6.45, 7) is 3.73. The largest absolute Gasteiger partial charge is 0.480 e. The van der Waals surface area contributed by atoms with Gasteiger partial charge < -0.3 is 19.9 Å². The van der Waals surface area contributed by atoms with E-state index in [1.54, 1.807) is 6.07 Å². The SMILES string of the molecule is COc1ncc(CO)cc1NC(=O)CCN1CCOCC1. The quantitative estimate of drug-likeness (QED) is 0.782. The van der Waals surface area contributed by atoms with Gasteiger partial charge in [-0.2, -0.15) is 0 Å². The molecule has 7 nitrogen and oxygen atoms in total. The molecule has 2 heterocycles. The highest BCUT2D eigenvalue weighted by Crippen LogP contribution is 2.22. The van der Waals surface area contributed by atoms with Crippen LogP contribution in [0.2, 0.25) is 0 Å². The molecule has 0 aliphatic carbocycles. The highest BCUT2D eigenvalue weighted by Gasteiger charge is 2.14. The van der Waals surface area contributed by atoms with Crippen LogP contribution in [0.5, 0.6) is 5.88 Å². The Hall–Kier alpha value is -1.70. The minimum Gasteiger partial charge on any atom is -0.480 e. The summed E-state index contributed by atoms with van der Waals surface area (Å²) in [7, 11) is 1.49. The van der Waals surface area contributed by atoms with E-state index in [0.29, 0.717) is 30.1 Å². The van der Waals surface area contributed by atoms with Gasteiger partial charge in [-0.1, -0.05) is 0 Å². The molecular weight excluding hydrogens is 274 g/mol. The number of anilines is 1. The minimum absolute atomic E-state index is 0.100. The first-order valence-corrected chi connectivity index (χ1v) is 6.96. The van der Waals surface area contributed by atoms with E-state index in [1.165, 1.54) is 13.3 Å². The molecule has 1 aliphatic heterocycles. The Morgan fingerprint density at radius 2 is 2.29 bits per heavy atom. The number of morpholine rings is 1. The Bertz CT molecular complexity index is 475. The van der Waals surface area contributed by atoms with Crippen molar-refractivity contribution in [3.8, 4) is 5.88 Å². The summed E-state index contributed by atoms with van der Waals surface area (Å²) in [5, 5.41) is 11.9. The normalized spacial score (nSPS) is 15.7. The smallest absolute Gasteiger partial charge is 0.237 e. The van der Waals surface area contributed by atoms with E-state index in [4.69, 9.17) is 14.6 Å². The number of carbonyl (C=O) groups excluding carboxylic acids is 1. The summed E-state index contributed by atoms with van der Waals surface area (Å²) in [4.78, 5) is 18.3. The van der Waals surface area contributed by atoms with E-state index in [2.05, 4.69) is 15.2 Å². The van der Waals surface area contributed by atoms with E-state index in [9.17, 15) is 4.79 Å². The van der Waals surface area contributed by atoms with Crippen LogP contribution in [0, 0.1) is 0 Å². The molecule has 1 amide bonds. The van der Waals surface area contributed by atoms with Gasteiger partial charge in [0.15, 0.2) is 0 Å². The minimum atomic E-state index is -0.131. The standard InChI is InChI=1S/C14H21N3O4/c1-20-14-12(8-11(10-18)9-15-14)16-13(19)2-3-17-4-6-21-7-5-17/h8-9,18H,2-7,10H2,1H3,(H,16,19). The molecule has 0 spiro atoms. The summed E-state index contributed by atoms with van der Waals surface area (Å²) in [5.74, 6) is 0.239. The monoisotopic (exact) mass is 295 g/mol. The molecule has 21 heavy (non-hydrogen) atoms. The molecule has 1 fully saturated rings. The van der Waals surface area contributed by atoms with Crippen LogP contribution >= 0.6 is 0 Å². The van der Waals surface area contributed by atoms with Crippen LogP contribution in [0.15, 0.2) is 12.3 Å². The fourth-order valence-electron chi connectivity index (χ4n) is 2.13. The summed E-state index contributed by atoms with van der Waals surface area (Å²) >= 11 is 0. The number of pyridine rings is 1. The number of aromatic nitrogens is 1. The summed E-state index contributed by atoms with van der Waals surface area (Å²) in [6.07, 6.45) is 1.91. The van der Waals surface area contributed by atoms with Gasteiger partial charge in [0.1, 0.15) is 5.69 Å². The lowest BCUT2D eigenvalue weighted by Crippen LogP contribution is -2.38. The van der Waals surface area contributed by atoms with E-state index in [1.807, 2.05) is 0 Å². The van der Waals surface area contributed by atoms with Gasteiger partial charge in [0.2, 0.25) is 11.8 Å². The number of amides is 1. The van der Waals surface area contributed by atoms with Crippen molar-refractivity contribution >= 4 is 11.6 Å². The zero-order valence-corrected chi connectivity index (χ0v) is 12.2. The zero-order valence-electron chi connectivity index (χ0n) is 12.2. The third kappa shape index (κ3) is 4.66. The van der Waals surface area contributed by atoms with Crippen molar-refractivity contribution in [2.24, 2.45) is 0 Å². The van der Waals surface area contributed by atoms with Crippen LogP contribution in [0.3, 0.4) is 0 Å². The molecule has 2 rings (SSSR count). The Balaban J connectivity index is 1.89. The van der Waals surface area contributed by atoms with Crippen molar-refractivity contribution < 1.29 is 19.4 Å². The average Bonchev–Trinajstić information content (AvgIpc) is 2.54. The number of nitrogens with zero attached hydrogens (tertiary/aromatic N) is 2. The fraction of sp³-hybridized carbons (Fsp3) is 0.571. The predicted molar refractivity (Wildman–Crippen MR) is 77.2 cm³/mol. The van der Waals surface area contributed by atoms with Crippen molar-refractivity contribution in [2.45, 2.75) is 13.0 Å². The van der Waals surface area contributed by atoms with E-state index >= 15 is 0 Å². The van der Waals surface area contributed by atoms with Crippen molar-refractivity contribution in [3.63, 3.8) is 0 Å². The number of carbonyl (C=O) groups is 1. The van der Waals surface area contributed by atoms with Gasteiger partial charge in [0.25, 0.3) is 0 Å². The molecule has 0 atom stereocenters. The van der Waals surface area contributed by atoms with Crippen LogP contribution in [-0.4, -0.2) is 60.9 Å². The molecule has 7 heteroatoms. The van der Waals surface area contributed by atoms with Gasteiger partial charge in [-0.25, -0.2) is 4.98 Å². The third-order valence-corrected chi connectivity index (χ3v) is 3.32. The second-order valence-electron chi connectivity index (χ2n) is 4.81. The fourth-order valence-corrected chi connectivity index (χ4v) is 2.13. The lowest BCUT2D eigenvalue weighted by atomic mass is 10.2. The van der Waals surface area contributed by atoms with Crippen molar-refractivity contribution in [3.05, 3.63) is 17.8 Å². The average molecular weight is 295 g/mol. The number of methoxy groups -OCH3 is 1. The van der Waals surface area contributed by atoms with E-state index in [-0.39, 0.29) is 12.5 Å². The van der Waals surface area contributed by atoms with Gasteiger partial charge in [-0.05, 0) is 11.6 Å². The highest BCUT2D eigenvalue weighted by molar-refractivity contribution is 5.92. The first-order valence-electron chi connectivity index (χ1n) is 6.96. The van der Waals surface area contributed by atoms with Crippen molar-refractivity contribution in [1.82, 2.24) is 9.88 Å². The number of aliphatic hydroxyl groups is 1. The molecule has 0 radical (unpaired) electrons. The Kier molecular flexibility index (Phi) is 5.91. The zero-order chi connectivity index (χ0) is 15.1. The number of nitrogens with one attached hydrogen (secondary N) is 1. The van der Waals surface area contributed by atoms with E-state index < -0.39 is 0 Å². The molecule has 1 aromatic heterocycles. The topological polar surface area (TPSA) is 83.9 Å². The number of rotatable bonds is 6. The lowest BCUT2D eigenvalue weighted by molar-refractivity contribution is -0.116. The van der Waals surface area contributed by atoms with Gasteiger partial charge in [0.05, 0.1) is 26.9 Å². The molecule has 1 aliphatic rings. The number of ether oxygens (including phenoxy) is 2. The maximum Gasteiger partial charge on any atom is 0.237 e. The molecule has 1 saturated heterocycles. The van der Waals surface area contributed by atoms with Crippen molar-refractivity contribution in [2.75, 3.05) is 45.3 Å². The molecular formula is C14H21N3O4. The lowest BCUT2D eigenvalue weighted by Gasteiger charge is -2.26. The molecule has 116 valence electrons. The van der Waals surface area contributed by atoms with Crippen LogP contribution in [0.25, 0.3) is 0 Å². The van der Waals surface area contributed by atoms with Gasteiger partial charge in [0, 0.05) is 32.3 Å². The van der Waals surface area contributed by atoms with Crippen LogP contribution in [-0.2, 0) is 16.1 Å². The summed E-state index contributed by atoms with van der Waals surface area (Å²) in [5.41, 5.74) is 1.11. The first kappa shape index (κ1) is 15.7. The number of hydrogen-bond acceptors (Lipinski definition) is 6. The summed E-state index contributed by atoms with van der Waals surface area (Å²) < 4.78 is 10.4. The van der Waals surface area contributed by atoms with Crippen LogP contribution < -0.4 is 10.1 Å². The molecule has 0 bridgehead atoms. The predicted octanol–water partition coefficient (Wildman–Crippen LogP) is 0.243. The Morgan fingerprint density at radius 1 is 1.52 bits per heavy atom. The second kappa shape index (κ2) is 7.92. The third-order valence-electron chi connectivity index (χ3n) is 3.32. The van der Waals surface area contributed by atoms with Gasteiger partial charge in [-0.15, -0.1) is 0 Å². The van der Waals surface area contributed by atoms with Crippen LogP contribution in [0.4, 0.5) is 5.69 Å². The molecule has 0 unspecified atom stereocenters. The van der Waals surface area contributed by atoms with E-state index in [0.717, 1.165) is 26.3 Å². The first-order chi connectivity index (χ1) is 10.2. The Labute approximate surface area is 123 Å². The summed E-state index contributed by atoms with van der Waals surface area (Å²) in [6, 6.07) is 1.67.